The van der Waals surface area contributed by atoms with Crippen molar-refractivity contribution in [1.82, 2.24) is 5.32 Å². The van der Waals surface area contributed by atoms with E-state index in [0.29, 0.717) is 31.2 Å². The Kier molecular flexibility index (Phi) is 8.60. The van der Waals surface area contributed by atoms with Crippen molar-refractivity contribution >= 4 is 5.91 Å². The molecule has 1 N–H and O–H groups in total. The summed E-state index contributed by atoms with van der Waals surface area (Å²) in [5, 5.41) is 2.93. The maximum Gasteiger partial charge on any atom is 0.251 e. The van der Waals surface area contributed by atoms with Gasteiger partial charge in [-0.1, -0.05) is 27.2 Å². The fraction of sp³-hybridized carbons (Fsp3) is 0.611. The first-order valence-corrected chi connectivity index (χ1v) is 8.20. The van der Waals surface area contributed by atoms with Crippen LogP contribution in [0.4, 0.5) is 0 Å². The van der Waals surface area contributed by atoms with E-state index in [4.69, 9.17) is 9.47 Å². The summed E-state index contributed by atoms with van der Waals surface area (Å²) in [4.78, 5) is 12.2. The maximum atomic E-state index is 12.2. The Hall–Kier alpha value is -1.55. The molecule has 0 radical (unpaired) electrons. The van der Waals surface area contributed by atoms with Crippen LogP contribution in [-0.2, 0) is 11.3 Å². The highest BCUT2D eigenvalue weighted by Gasteiger charge is 2.11. The van der Waals surface area contributed by atoms with Gasteiger partial charge in [-0.3, -0.25) is 4.79 Å². The molecule has 22 heavy (non-hydrogen) atoms. The summed E-state index contributed by atoms with van der Waals surface area (Å²) >= 11 is 0. The second-order valence-electron chi connectivity index (χ2n) is 5.77. The Morgan fingerprint density at radius 3 is 2.68 bits per heavy atom. The van der Waals surface area contributed by atoms with E-state index in [1.165, 1.54) is 0 Å². The predicted octanol–water partition coefficient (Wildman–Crippen LogP) is 3.79. The highest BCUT2D eigenvalue weighted by molar-refractivity contribution is 5.94. The van der Waals surface area contributed by atoms with Gasteiger partial charge in [0.05, 0.1) is 13.2 Å². The van der Waals surface area contributed by atoms with Crippen LogP contribution in [-0.4, -0.2) is 25.7 Å². The number of unbranched alkanes of at least 4 members (excludes halogenated alkanes) is 1. The maximum absolute atomic E-state index is 12.2. The lowest BCUT2D eigenvalue weighted by Gasteiger charge is -2.13. The number of nitrogens with one attached hydrogen (secondary N) is 1. The van der Waals surface area contributed by atoms with E-state index in [0.717, 1.165) is 30.8 Å². The van der Waals surface area contributed by atoms with Crippen LogP contribution in [0.15, 0.2) is 18.2 Å². The summed E-state index contributed by atoms with van der Waals surface area (Å²) in [6.07, 6.45) is 2.15. The van der Waals surface area contributed by atoms with Crippen molar-refractivity contribution in [2.75, 3.05) is 19.8 Å². The number of hydrogen-bond acceptors (Lipinski definition) is 3. The molecule has 1 rings (SSSR count). The molecule has 4 nitrogen and oxygen atoms in total. The minimum Gasteiger partial charge on any atom is -0.494 e. The molecular formula is C18H29NO3. The molecule has 0 saturated carbocycles. The van der Waals surface area contributed by atoms with Crippen LogP contribution in [0, 0.1) is 5.92 Å². The van der Waals surface area contributed by atoms with Gasteiger partial charge in [-0.2, -0.15) is 0 Å². The SMILES string of the molecule is CCCCOCc1cc(C(=O)NCC(C)C)ccc1OCC. The molecule has 0 aromatic heterocycles. The molecule has 124 valence electrons. The smallest absolute Gasteiger partial charge is 0.251 e. The monoisotopic (exact) mass is 307 g/mol. The average Bonchev–Trinajstić information content (AvgIpc) is 2.50. The molecule has 1 amide bonds. The number of hydrogen-bond donors (Lipinski definition) is 1. The zero-order chi connectivity index (χ0) is 16.4. The highest BCUT2D eigenvalue weighted by Crippen LogP contribution is 2.21. The number of ether oxygens (including phenoxy) is 2. The van der Waals surface area contributed by atoms with Gasteiger partial charge in [0.15, 0.2) is 0 Å². The second-order valence-corrected chi connectivity index (χ2v) is 5.77. The number of carbonyl (C=O) groups is 1. The molecule has 0 aliphatic rings. The molecule has 0 heterocycles. The lowest BCUT2D eigenvalue weighted by atomic mass is 10.1. The first-order chi connectivity index (χ1) is 10.6. The lowest BCUT2D eigenvalue weighted by Crippen LogP contribution is -2.27. The van der Waals surface area contributed by atoms with Gasteiger partial charge in [0.25, 0.3) is 5.91 Å². The first kappa shape index (κ1) is 18.5. The van der Waals surface area contributed by atoms with Gasteiger partial charge in [-0.05, 0) is 37.5 Å². The third-order valence-electron chi connectivity index (χ3n) is 3.19. The molecule has 0 saturated heterocycles. The standard InChI is InChI=1S/C18H29NO3/c1-5-7-10-21-13-16-11-15(8-9-17(16)22-6-2)18(20)19-12-14(3)4/h8-9,11,14H,5-7,10,12-13H2,1-4H3,(H,19,20). The summed E-state index contributed by atoms with van der Waals surface area (Å²) in [6.45, 7) is 10.7. The van der Waals surface area contributed by atoms with Crippen molar-refractivity contribution in [1.29, 1.82) is 0 Å². The Morgan fingerprint density at radius 1 is 1.27 bits per heavy atom. The second kappa shape index (κ2) is 10.2. The Balaban J connectivity index is 2.76. The van der Waals surface area contributed by atoms with Crippen LogP contribution in [0.2, 0.25) is 0 Å². The van der Waals surface area contributed by atoms with Crippen molar-refractivity contribution in [3.8, 4) is 5.75 Å². The molecule has 4 heteroatoms. The summed E-state index contributed by atoms with van der Waals surface area (Å²) in [5.74, 6) is 1.18. The van der Waals surface area contributed by atoms with Gasteiger partial charge in [0.2, 0.25) is 0 Å². The highest BCUT2D eigenvalue weighted by atomic mass is 16.5. The third kappa shape index (κ3) is 6.48. The zero-order valence-electron chi connectivity index (χ0n) is 14.3. The fourth-order valence-electron chi connectivity index (χ4n) is 1.96. The summed E-state index contributed by atoms with van der Waals surface area (Å²) in [5.41, 5.74) is 1.58. The van der Waals surface area contributed by atoms with E-state index in [1.807, 2.05) is 19.1 Å². The van der Waals surface area contributed by atoms with Crippen molar-refractivity contribution in [2.45, 2.75) is 47.1 Å². The number of benzene rings is 1. The molecule has 0 spiro atoms. The third-order valence-corrected chi connectivity index (χ3v) is 3.19. The molecule has 0 aliphatic carbocycles. The molecule has 0 aliphatic heterocycles. The molecule has 0 atom stereocenters. The Labute approximate surface area is 134 Å². The quantitative estimate of drug-likeness (QED) is 0.669. The van der Waals surface area contributed by atoms with Crippen molar-refractivity contribution in [2.24, 2.45) is 5.92 Å². The van der Waals surface area contributed by atoms with E-state index in [1.54, 1.807) is 6.07 Å². The van der Waals surface area contributed by atoms with Gasteiger partial charge in [0, 0.05) is 24.3 Å². The fourth-order valence-corrected chi connectivity index (χ4v) is 1.96. The van der Waals surface area contributed by atoms with Gasteiger partial charge in [-0.15, -0.1) is 0 Å². The number of carbonyl (C=O) groups excluding carboxylic acids is 1. The molecule has 0 bridgehead atoms. The van der Waals surface area contributed by atoms with E-state index in [2.05, 4.69) is 26.1 Å². The molecule has 1 aromatic rings. The van der Waals surface area contributed by atoms with E-state index < -0.39 is 0 Å². The van der Waals surface area contributed by atoms with Crippen molar-refractivity contribution in [3.63, 3.8) is 0 Å². The minimum atomic E-state index is -0.0495. The molecule has 0 fully saturated rings. The summed E-state index contributed by atoms with van der Waals surface area (Å²) in [6, 6.07) is 5.52. The van der Waals surface area contributed by atoms with Crippen LogP contribution in [0.3, 0.4) is 0 Å². The van der Waals surface area contributed by atoms with Crippen LogP contribution in [0.25, 0.3) is 0 Å². The van der Waals surface area contributed by atoms with Crippen molar-refractivity contribution in [3.05, 3.63) is 29.3 Å². The van der Waals surface area contributed by atoms with E-state index in [-0.39, 0.29) is 5.91 Å². The van der Waals surface area contributed by atoms with Gasteiger partial charge < -0.3 is 14.8 Å². The van der Waals surface area contributed by atoms with Gasteiger partial charge >= 0.3 is 0 Å². The largest absolute Gasteiger partial charge is 0.494 e. The van der Waals surface area contributed by atoms with Crippen LogP contribution in [0.1, 0.15) is 56.5 Å². The van der Waals surface area contributed by atoms with Crippen molar-refractivity contribution < 1.29 is 14.3 Å². The lowest BCUT2D eigenvalue weighted by molar-refractivity contribution is 0.0948. The van der Waals surface area contributed by atoms with Crippen LogP contribution < -0.4 is 10.1 Å². The summed E-state index contributed by atoms with van der Waals surface area (Å²) < 4.78 is 11.3. The molecule has 0 unspecified atom stereocenters. The molecular weight excluding hydrogens is 278 g/mol. The molecule has 1 aromatic carbocycles. The zero-order valence-corrected chi connectivity index (χ0v) is 14.3. The van der Waals surface area contributed by atoms with Gasteiger partial charge in [-0.25, -0.2) is 0 Å². The Morgan fingerprint density at radius 2 is 2.05 bits per heavy atom. The Bertz CT molecular complexity index is 458. The minimum absolute atomic E-state index is 0.0495. The van der Waals surface area contributed by atoms with Gasteiger partial charge in [0.1, 0.15) is 5.75 Å². The van der Waals surface area contributed by atoms with Crippen LogP contribution in [0.5, 0.6) is 5.75 Å². The number of rotatable bonds is 10. The van der Waals surface area contributed by atoms with E-state index in [9.17, 15) is 4.79 Å². The van der Waals surface area contributed by atoms with E-state index >= 15 is 0 Å². The topological polar surface area (TPSA) is 47.6 Å². The first-order valence-electron chi connectivity index (χ1n) is 8.20. The average molecular weight is 307 g/mol. The summed E-state index contributed by atoms with van der Waals surface area (Å²) in [7, 11) is 0. The van der Waals surface area contributed by atoms with Crippen LogP contribution >= 0.6 is 0 Å². The normalized spacial score (nSPS) is 10.8. The predicted molar refractivity (Wildman–Crippen MR) is 89.3 cm³/mol. The number of amides is 1.